The number of carbonyl (C=O) groups excluding carboxylic acids is 2. The highest BCUT2D eigenvalue weighted by Crippen LogP contribution is 2.33. The van der Waals surface area contributed by atoms with Crippen LogP contribution >= 0.6 is 15.9 Å². The van der Waals surface area contributed by atoms with E-state index in [-0.39, 0.29) is 24.8 Å². The number of hydrogen-bond acceptors (Lipinski definition) is 3. The highest BCUT2D eigenvalue weighted by Gasteiger charge is 2.32. The third kappa shape index (κ3) is 3.23. The second kappa shape index (κ2) is 7.45. The van der Waals surface area contributed by atoms with Gasteiger partial charge in [-0.1, -0.05) is 53.0 Å². The average Bonchev–Trinajstić information content (AvgIpc) is 2.57. The first kappa shape index (κ1) is 17.1. The van der Waals surface area contributed by atoms with Crippen molar-refractivity contribution < 1.29 is 14.7 Å². The maximum Gasteiger partial charge on any atom is 0.261 e. The predicted molar refractivity (Wildman–Crippen MR) is 96.9 cm³/mol. The number of amides is 2. The minimum Gasteiger partial charge on any atom is -0.396 e. The van der Waals surface area contributed by atoms with Gasteiger partial charge >= 0.3 is 0 Å². The smallest absolute Gasteiger partial charge is 0.261 e. The summed E-state index contributed by atoms with van der Waals surface area (Å²) in [5.74, 6) is -0.316. The number of hydrogen-bond donors (Lipinski definition) is 1. The molecule has 0 atom stereocenters. The Bertz CT molecular complexity index is 788. The van der Waals surface area contributed by atoms with Crippen LogP contribution in [0.2, 0.25) is 0 Å². The molecule has 2 aromatic rings. The van der Waals surface area contributed by atoms with Gasteiger partial charge in [0.25, 0.3) is 5.91 Å². The van der Waals surface area contributed by atoms with E-state index in [1.807, 2.05) is 30.3 Å². The zero-order valence-corrected chi connectivity index (χ0v) is 15.0. The van der Waals surface area contributed by atoms with E-state index in [4.69, 9.17) is 5.11 Å². The summed E-state index contributed by atoms with van der Waals surface area (Å²) in [5.41, 5.74) is 1.45. The quantitative estimate of drug-likeness (QED) is 0.605. The summed E-state index contributed by atoms with van der Waals surface area (Å²) in [6, 6.07) is 9.66. The Hall–Kier alpha value is -1.72. The SMILES string of the molecule is O=C1Cc2cc(Br)c3ccccc3c2C(=O)N1CCCCCCO. The zero-order chi connectivity index (χ0) is 17.1. The Balaban J connectivity index is 1.88. The fourth-order valence-corrected chi connectivity index (χ4v) is 3.87. The maximum absolute atomic E-state index is 12.9. The number of halogens is 1. The van der Waals surface area contributed by atoms with Crippen LogP contribution in [-0.4, -0.2) is 35.0 Å². The fraction of sp³-hybridized carbons (Fsp3) is 0.368. The number of carbonyl (C=O) groups is 2. The molecular formula is C19H20BrNO3. The van der Waals surface area contributed by atoms with Crippen molar-refractivity contribution in [3.63, 3.8) is 0 Å². The summed E-state index contributed by atoms with van der Waals surface area (Å²) in [5, 5.41) is 10.7. The van der Waals surface area contributed by atoms with E-state index in [1.54, 1.807) is 0 Å². The van der Waals surface area contributed by atoms with Crippen molar-refractivity contribution in [1.29, 1.82) is 0 Å². The first-order valence-electron chi connectivity index (χ1n) is 8.29. The molecule has 1 N–H and O–H groups in total. The standard InChI is InChI=1S/C19H20BrNO3/c20-16-11-13-12-17(23)21(9-5-1-2-6-10-22)19(24)18(13)15-8-4-3-7-14(15)16/h3-4,7-8,11,22H,1-2,5-6,9-10,12H2. The van der Waals surface area contributed by atoms with Crippen LogP contribution in [0.1, 0.15) is 41.6 Å². The molecule has 3 rings (SSSR count). The molecule has 2 aromatic carbocycles. The van der Waals surface area contributed by atoms with Gasteiger partial charge < -0.3 is 5.11 Å². The number of fused-ring (bicyclic) bond motifs is 3. The monoisotopic (exact) mass is 389 g/mol. The summed E-state index contributed by atoms with van der Waals surface area (Å²) < 4.78 is 0.912. The molecule has 1 aliphatic rings. The highest BCUT2D eigenvalue weighted by molar-refractivity contribution is 9.10. The summed E-state index contributed by atoms with van der Waals surface area (Å²) in [4.78, 5) is 26.7. The molecule has 4 nitrogen and oxygen atoms in total. The number of aliphatic hydroxyl groups excluding tert-OH is 1. The van der Waals surface area contributed by atoms with Gasteiger partial charge in [0.15, 0.2) is 0 Å². The molecule has 0 radical (unpaired) electrons. The minimum atomic E-state index is -0.188. The second-order valence-corrected chi connectivity index (χ2v) is 6.96. The van der Waals surface area contributed by atoms with Gasteiger partial charge in [-0.15, -0.1) is 0 Å². The van der Waals surface area contributed by atoms with Gasteiger partial charge in [0.1, 0.15) is 0 Å². The molecule has 5 heteroatoms. The molecule has 126 valence electrons. The Kier molecular flexibility index (Phi) is 5.31. The van der Waals surface area contributed by atoms with E-state index < -0.39 is 0 Å². The number of nitrogens with zero attached hydrogens (tertiary/aromatic N) is 1. The van der Waals surface area contributed by atoms with Crippen LogP contribution in [0.15, 0.2) is 34.8 Å². The number of imide groups is 1. The van der Waals surface area contributed by atoms with Crippen LogP contribution in [0.5, 0.6) is 0 Å². The molecule has 1 heterocycles. The predicted octanol–water partition coefficient (Wildman–Crippen LogP) is 3.68. The lowest BCUT2D eigenvalue weighted by Gasteiger charge is -2.28. The van der Waals surface area contributed by atoms with E-state index in [2.05, 4.69) is 15.9 Å². The van der Waals surface area contributed by atoms with Crippen LogP contribution in [0, 0.1) is 0 Å². The Morgan fingerprint density at radius 3 is 2.50 bits per heavy atom. The molecule has 0 bridgehead atoms. The number of unbranched alkanes of at least 4 members (excludes halogenated alkanes) is 3. The minimum absolute atomic E-state index is 0.128. The zero-order valence-electron chi connectivity index (χ0n) is 13.4. The van der Waals surface area contributed by atoms with Crippen LogP contribution < -0.4 is 0 Å². The first-order chi connectivity index (χ1) is 11.6. The van der Waals surface area contributed by atoms with E-state index >= 15 is 0 Å². The van der Waals surface area contributed by atoms with Gasteiger partial charge in [-0.3, -0.25) is 14.5 Å². The normalized spacial score (nSPS) is 14.3. The van der Waals surface area contributed by atoms with Crippen LogP contribution in [-0.2, 0) is 11.2 Å². The summed E-state index contributed by atoms with van der Waals surface area (Å²) in [7, 11) is 0. The van der Waals surface area contributed by atoms with Crippen molar-refractivity contribution in [2.24, 2.45) is 0 Å². The molecule has 0 fully saturated rings. The Labute approximate surface area is 149 Å². The number of rotatable bonds is 6. The van der Waals surface area contributed by atoms with Crippen LogP contribution in [0.4, 0.5) is 0 Å². The van der Waals surface area contributed by atoms with Gasteiger partial charge in [-0.25, -0.2) is 0 Å². The van der Waals surface area contributed by atoms with E-state index in [1.165, 1.54) is 4.90 Å². The lowest BCUT2D eigenvalue weighted by Crippen LogP contribution is -2.43. The van der Waals surface area contributed by atoms with Gasteiger partial charge in [-0.05, 0) is 35.2 Å². The highest BCUT2D eigenvalue weighted by atomic mass is 79.9. The van der Waals surface area contributed by atoms with E-state index in [0.29, 0.717) is 12.1 Å². The molecule has 0 spiro atoms. The van der Waals surface area contributed by atoms with E-state index in [9.17, 15) is 9.59 Å². The van der Waals surface area contributed by atoms with Crippen molar-refractivity contribution >= 4 is 38.5 Å². The Morgan fingerprint density at radius 2 is 1.75 bits per heavy atom. The molecule has 0 aliphatic carbocycles. The molecule has 0 saturated heterocycles. The second-order valence-electron chi connectivity index (χ2n) is 6.10. The summed E-state index contributed by atoms with van der Waals surface area (Å²) in [6.45, 7) is 0.642. The van der Waals surface area contributed by atoms with Gasteiger partial charge in [0, 0.05) is 17.6 Å². The molecule has 0 aromatic heterocycles. The molecule has 0 unspecified atom stereocenters. The summed E-state index contributed by atoms with van der Waals surface area (Å²) in [6.07, 6.45) is 3.64. The molecule has 2 amide bonds. The lowest BCUT2D eigenvalue weighted by atomic mass is 9.92. The maximum atomic E-state index is 12.9. The van der Waals surface area contributed by atoms with Crippen molar-refractivity contribution in [2.45, 2.75) is 32.1 Å². The number of aliphatic hydroxyl groups is 1. The van der Waals surface area contributed by atoms with Crippen molar-refractivity contribution in [2.75, 3.05) is 13.2 Å². The third-order valence-corrected chi connectivity index (χ3v) is 5.12. The topological polar surface area (TPSA) is 57.6 Å². The van der Waals surface area contributed by atoms with Crippen LogP contribution in [0.25, 0.3) is 10.8 Å². The van der Waals surface area contributed by atoms with Gasteiger partial charge in [0.05, 0.1) is 12.0 Å². The first-order valence-corrected chi connectivity index (χ1v) is 9.08. The lowest BCUT2D eigenvalue weighted by molar-refractivity contribution is -0.128. The largest absolute Gasteiger partial charge is 0.396 e. The molecule has 1 aliphatic heterocycles. The van der Waals surface area contributed by atoms with Crippen molar-refractivity contribution in [1.82, 2.24) is 4.90 Å². The molecule has 24 heavy (non-hydrogen) atoms. The van der Waals surface area contributed by atoms with Crippen molar-refractivity contribution in [3.05, 3.63) is 45.9 Å². The van der Waals surface area contributed by atoms with E-state index in [0.717, 1.165) is 46.5 Å². The molecular weight excluding hydrogens is 370 g/mol. The van der Waals surface area contributed by atoms with Crippen molar-refractivity contribution in [3.8, 4) is 0 Å². The Morgan fingerprint density at radius 1 is 1.04 bits per heavy atom. The summed E-state index contributed by atoms with van der Waals surface area (Å²) >= 11 is 3.54. The van der Waals surface area contributed by atoms with Gasteiger partial charge in [-0.2, -0.15) is 0 Å². The third-order valence-electron chi connectivity index (χ3n) is 4.47. The number of benzene rings is 2. The molecule has 0 saturated carbocycles. The van der Waals surface area contributed by atoms with Gasteiger partial charge in [0.2, 0.25) is 5.91 Å². The average molecular weight is 390 g/mol. The van der Waals surface area contributed by atoms with Crippen LogP contribution in [0.3, 0.4) is 0 Å². The fourth-order valence-electron chi connectivity index (χ4n) is 3.25.